The molecule has 124 valence electrons. The third-order valence-corrected chi connectivity index (χ3v) is 3.46. The predicted octanol–water partition coefficient (Wildman–Crippen LogP) is 4.48. The van der Waals surface area contributed by atoms with Crippen LogP contribution in [-0.2, 0) is 18.9 Å². The number of hydrogen-bond acceptors (Lipinski definition) is 4. The van der Waals surface area contributed by atoms with Crippen molar-refractivity contribution in [2.75, 3.05) is 27.4 Å². The lowest BCUT2D eigenvalue weighted by molar-refractivity contribution is 0.158. The molecule has 0 N–H and O–H groups in total. The zero-order valence-electron chi connectivity index (χ0n) is 14.5. The van der Waals surface area contributed by atoms with Gasteiger partial charge in [-0.05, 0) is 11.8 Å². The highest BCUT2D eigenvalue weighted by molar-refractivity contribution is 5.02. The summed E-state index contributed by atoms with van der Waals surface area (Å²) in [7, 11) is 3.26. The number of rotatable bonds is 12. The van der Waals surface area contributed by atoms with E-state index in [0.717, 1.165) is 24.4 Å². The number of ether oxygens (including phenoxy) is 4. The van der Waals surface area contributed by atoms with Gasteiger partial charge in [-0.3, -0.25) is 0 Å². The molecule has 0 bridgehead atoms. The Hall–Kier alpha value is -1.32. The standard InChI is InChI=1S/C17H32O4/c1-7-14(3)10-20-12-16(18-5)9-17(19-6)13-21-11-15(4)8-2/h12-15H,7-11H2,1-6H3. The van der Waals surface area contributed by atoms with E-state index in [1.54, 1.807) is 26.7 Å². The van der Waals surface area contributed by atoms with Crippen molar-refractivity contribution >= 4 is 0 Å². The van der Waals surface area contributed by atoms with Gasteiger partial charge in [0.15, 0.2) is 0 Å². The van der Waals surface area contributed by atoms with Crippen molar-refractivity contribution in [3.05, 3.63) is 24.0 Å². The largest absolute Gasteiger partial charge is 0.497 e. The minimum absolute atomic E-state index is 0.522. The summed E-state index contributed by atoms with van der Waals surface area (Å²) in [6.45, 7) is 10.00. The fourth-order valence-electron chi connectivity index (χ4n) is 1.34. The summed E-state index contributed by atoms with van der Waals surface area (Å²) < 4.78 is 21.7. The second kappa shape index (κ2) is 12.4. The Morgan fingerprint density at radius 3 is 1.48 bits per heavy atom. The van der Waals surface area contributed by atoms with E-state index in [9.17, 15) is 0 Å². The van der Waals surface area contributed by atoms with E-state index < -0.39 is 0 Å². The molecule has 0 aromatic rings. The summed E-state index contributed by atoms with van der Waals surface area (Å²) in [5.74, 6) is 2.52. The molecule has 0 aliphatic rings. The van der Waals surface area contributed by atoms with Crippen LogP contribution in [0.2, 0.25) is 0 Å². The first-order chi connectivity index (χ1) is 10.1. The van der Waals surface area contributed by atoms with Crippen molar-refractivity contribution in [2.24, 2.45) is 11.8 Å². The van der Waals surface area contributed by atoms with Gasteiger partial charge >= 0.3 is 0 Å². The van der Waals surface area contributed by atoms with Crippen LogP contribution >= 0.6 is 0 Å². The molecule has 0 saturated heterocycles. The average Bonchev–Trinajstić information content (AvgIpc) is 2.51. The summed E-state index contributed by atoms with van der Waals surface area (Å²) in [6, 6.07) is 0. The minimum atomic E-state index is 0.522. The molecule has 4 heteroatoms. The SMILES string of the molecule is CCC(C)COC=C(CC(=COCC(C)CC)OC)OC. The lowest BCUT2D eigenvalue weighted by Crippen LogP contribution is -2.03. The third kappa shape index (κ3) is 10.1. The van der Waals surface area contributed by atoms with E-state index in [1.807, 2.05) is 0 Å². The Kier molecular flexibility index (Phi) is 11.6. The molecule has 4 nitrogen and oxygen atoms in total. The van der Waals surface area contributed by atoms with Crippen molar-refractivity contribution in [2.45, 2.75) is 47.0 Å². The van der Waals surface area contributed by atoms with Crippen LogP contribution in [0.5, 0.6) is 0 Å². The maximum absolute atomic E-state index is 5.53. The zero-order chi connectivity index (χ0) is 16.1. The second-order valence-corrected chi connectivity index (χ2v) is 5.45. The van der Waals surface area contributed by atoms with Gasteiger partial charge in [0.25, 0.3) is 0 Å². The summed E-state index contributed by atoms with van der Waals surface area (Å²) in [4.78, 5) is 0. The molecule has 0 spiro atoms. The molecule has 0 aliphatic carbocycles. The molecule has 2 unspecified atom stereocenters. The van der Waals surface area contributed by atoms with Crippen LogP contribution in [-0.4, -0.2) is 27.4 Å². The first-order valence-electron chi connectivity index (χ1n) is 7.76. The van der Waals surface area contributed by atoms with E-state index in [0.29, 0.717) is 31.5 Å². The Morgan fingerprint density at radius 2 is 1.19 bits per heavy atom. The fraction of sp³-hybridized carbons (Fsp3) is 0.765. The molecule has 0 aromatic carbocycles. The van der Waals surface area contributed by atoms with Gasteiger partial charge in [-0.25, -0.2) is 0 Å². The number of methoxy groups -OCH3 is 2. The molecule has 0 aromatic heterocycles. The lowest BCUT2D eigenvalue weighted by atomic mass is 10.1. The van der Waals surface area contributed by atoms with Gasteiger partial charge in [0.1, 0.15) is 24.0 Å². The molecule has 21 heavy (non-hydrogen) atoms. The molecule has 0 fully saturated rings. The van der Waals surface area contributed by atoms with Gasteiger partial charge in [-0.15, -0.1) is 0 Å². The molecule has 2 atom stereocenters. The quantitative estimate of drug-likeness (QED) is 0.498. The summed E-state index contributed by atoms with van der Waals surface area (Å²) in [6.07, 6.45) is 6.04. The van der Waals surface area contributed by atoms with Crippen molar-refractivity contribution < 1.29 is 18.9 Å². The van der Waals surface area contributed by atoms with Crippen LogP contribution in [0.1, 0.15) is 47.0 Å². The van der Waals surface area contributed by atoms with E-state index in [-0.39, 0.29) is 0 Å². The normalized spacial score (nSPS) is 15.3. The van der Waals surface area contributed by atoms with Gasteiger partial charge in [0, 0.05) is 0 Å². The van der Waals surface area contributed by atoms with Gasteiger partial charge in [-0.1, -0.05) is 40.5 Å². The summed E-state index contributed by atoms with van der Waals surface area (Å²) >= 11 is 0. The molecular formula is C17H32O4. The lowest BCUT2D eigenvalue weighted by Gasteiger charge is -2.12. The molecule has 0 aliphatic heterocycles. The highest BCUT2D eigenvalue weighted by Crippen LogP contribution is 2.14. The van der Waals surface area contributed by atoms with Gasteiger partial charge in [0.05, 0.1) is 33.9 Å². The van der Waals surface area contributed by atoms with Crippen molar-refractivity contribution in [1.82, 2.24) is 0 Å². The Morgan fingerprint density at radius 1 is 0.810 bits per heavy atom. The van der Waals surface area contributed by atoms with Crippen LogP contribution in [0.3, 0.4) is 0 Å². The van der Waals surface area contributed by atoms with Crippen LogP contribution in [0.25, 0.3) is 0 Å². The van der Waals surface area contributed by atoms with E-state index in [1.165, 1.54) is 0 Å². The molecule has 0 heterocycles. The third-order valence-electron chi connectivity index (χ3n) is 3.46. The van der Waals surface area contributed by atoms with Crippen molar-refractivity contribution in [3.63, 3.8) is 0 Å². The molecule has 0 amide bonds. The Bertz CT molecular complexity index is 280. The monoisotopic (exact) mass is 300 g/mol. The summed E-state index contributed by atoms with van der Waals surface area (Å²) in [5.41, 5.74) is 0. The highest BCUT2D eigenvalue weighted by Gasteiger charge is 2.06. The minimum Gasteiger partial charge on any atom is -0.497 e. The highest BCUT2D eigenvalue weighted by atomic mass is 16.5. The van der Waals surface area contributed by atoms with Gasteiger partial charge in [-0.2, -0.15) is 0 Å². The Balaban J connectivity index is 4.33. The smallest absolute Gasteiger partial charge is 0.137 e. The molecule has 0 rings (SSSR count). The van der Waals surface area contributed by atoms with E-state index in [2.05, 4.69) is 27.7 Å². The van der Waals surface area contributed by atoms with E-state index >= 15 is 0 Å². The topological polar surface area (TPSA) is 36.9 Å². The maximum atomic E-state index is 5.53. The molecular weight excluding hydrogens is 268 g/mol. The fourth-order valence-corrected chi connectivity index (χ4v) is 1.34. The second-order valence-electron chi connectivity index (χ2n) is 5.45. The van der Waals surface area contributed by atoms with E-state index in [4.69, 9.17) is 18.9 Å². The van der Waals surface area contributed by atoms with Crippen molar-refractivity contribution in [3.8, 4) is 0 Å². The van der Waals surface area contributed by atoms with Gasteiger partial charge < -0.3 is 18.9 Å². The average molecular weight is 300 g/mol. The first-order valence-corrected chi connectivity index (χ1v) is 7.76. The van der Waals surface area contributed by atoms with Crippen LogP contribution in [0.4, 0.5) is 0 Å². The number of hydrogen-bond donors (Lipinski definition) is 0. The maximum Gasteiger partial charge on any atom is 0.137 e. The van der Waals surface area contributed by atoms with Crippen LogP contribution in [0, 0.1) is 11.8 Å². The zero-order valence-corrected chi connectivity index (χ0v) is 14.5. The van der Waals surface area contributed by atoms with Crippen molar-refractivity contribution in [1.29, 1.82) is 0 Å². The first kappa shape index (κ1) is 19.7. The Labute approximate surface area is 130 Å². The predicted molar refractivity (Wildman–Crippen MR) is 85.6 cm³/mol. The molecule has 0 saturated carbocycles. The van der Waals surface area contributed by atoms with Crippen LogP contribution < -0.4 is 0 Å². The summed E-state index contributed by atoms with van der Waals surface area (Å²) in [5, 5.41) is 0. The van der Waals surface area contributed by atoms with Crippen LogP contribution in [0.15, 0.2) is 24.0 Å². The van der Waals surface area contributed by atoms with Gasteiger partial charge in [0.2, 0.25) is 0 Å². The molecule has 0 radical (unpaired) electrons.